The molecule has 2 N–H and O–H groups in total. The molecule has 84 valence electrons. The van der Waals surface area contributed by atoms with Gasteiger partial charge in [0.1, 0.15) is 11.6 Å². The van der Waals surface area contributed by atoms with Crippen molar-refractivity contribution in [2.24, 2.45) is 0 Å². The summed E-state index contributed by atoms with van der Waals surface area (Å²) in [5.41, 5.74) is 0.135. The van der Waals surface area contributed by atoms with E-state index in [-0.39, 0.29) is 10.0 Å². The minimum Gasteiger partial charge on any atom is -0.507 e. The predicted molar refractivity (Wildman–Crippen MR) is 57.3 cm³/mol. The van der Waals surface area contributed by atoms with Crippen molar-refractivity contribution in [1.29, 1.82) is 0 Å². The standard InChI is InChI=1S/C10H6BrFO4/c11-7-3-5(12)1-2-6(7)8(13)4-9(14)10(15)16/h1-4,13H,(H,15,16)/b8-4-. The van der Waals surface area contributed by atoms with Crippen molar-refractivity contribution >= 4 is 33.4 Å². The second-order valence-corrected chi connectivity index (χ2v) is 3.68. The maximum absolute atomic E-state index is 12.7. The highest BCUT2D eigenvalue weighted by Crippen LogP contribution is 2.23. The molecule has 1 aromatic carbocycles. The molecule has 0 amide bonds. The molecule has 0 aliphatic rings. The topological polar surface area (TPSA) is 74.6 Å². The lowest BCUT2D eigenvalue weighted by atomic mass is 10.1. The average molecular weight is 289 g/mol. The SMILES string of the molecule is O=C(O)C(=O)/C=C(\O)c1ccc(F)cc1Br. The van der Waals surface area contributed by atoms with Crippen molar-refractivity contribution in [3.8, 4) is 0 Å². The molecule has 16 heavy (non-hydrogen) atoms. The zero-order chi connectivity index (χ0) is 12.3. The molecule has 1 rings (SSSR count). The van der Waals surface area contributed by atoms with Crippen molar-refractivity contribution in [2.45, 2.75) is 0 Å². The Morgan fingerprint density at radius 3 is 2.44 bits per heavy atom. The van der Waals surface area contributed by atoms with Crippen LogP contribution in [0.25, 0.3) is 5.76 Å². The van der Waals surface area contributed by atoms with E-state index < -0.39 is 23.3 Å². The van der Waals surface area contributed by atoms with Gasteiger partial charge in [-0.25, -0.2) is 9.18 Å². The van der Waals surface area contributed by atoms with Gasteiger partial charge in [0.15, 0.2) is 0 Å². The summed E-state index contributed by atoms with van der Waals surface area (Å²) in [5, 5.41) is 17.8. The first kappa shape index (κ1) is 12.4. The Labute approximate surface area is 98.1 Å². The van der Waals surface area contributed by atoms with Crippen LogP contribution in [0.3, 0.4) is 0 Å². The van der Waals surface area contributed by atoms with Crippen LogP contribution in [0.5, 0.6) is 0 Å². The highest BCUT2D eigenvalue weighted by Gasteiger charge is 2.12. The predicted octanol–water partition coefficient (Wildman–Crippen LogP) is 2.14. The number of benzene rings is 1. The number of aliphatic carboxylic acids is 1. The number of carbonyl (C=O) groups is 2. The fourth-order valence-electron chi connectivity index (χ4n) is 0.961. The molecular formula is C10H6BrFO4. The third kappa shape index (κ3) is 2.90. The van der Waals surface area contributed by atoms with Gasteiger partial charge in [0.05, 0.1) is 0 Å². The summed E-state index contributed by atoms with van der Waals surface area (Å²) in [6, 6.07) is 3.39. The van der Waals surface area contributed by atoms with Gasteiger partial charge in [-0.1, -0.05) is 0 Å². The fraction of sp³-hybridized carbons (Fsp3) is 0. The van der Waals surface area contributed by atoms with E-state index in [4.69, 9.17) is 5.11 Å². The maximum atomic E-state index is 12.7. The minimum atomic E-state index is -1.68. The largest absolute Gasteiger partial charge is 0.507 e. The molecule has 0 radical (unpaired) electrons. The number of ketones is 1. The van der Waals surface area contributed by atoms with Crippen LogP contribution >= 0.6 is 15.9 Å². The minimum absolute atomic E-state index is 0.135. The summed E-state index contributed by atoms with van der Waals surface area (Å²) in [6.45, 7) is 0. The lowest BCUT2D eigenvalue weighted by Crippen LogP contribution is -2.09. The van der Waals surface area contributed by atoms with Crippen LogP contribution in [-0.4, -0.2) is 22.0 Å². The molecular weight excluding hydrogens is 283 g/mol. The second-order valence-electron chi connectivity index (χ2n) is 2.82. The fourth-order valence-corrected chi connectivity index (χ4v) is 1.51. The third-order valence-corrected chi connectivity index (χ3v) is 2.34. The molecule has 0 bridgehead atoms. The molecule has 1 aromatic rings. The first-order valence-electron chi connectivity index (χ1n) is 4.05. The van der Waals surface area contributed by atoms with Crippen LogP contribution in [0.1, 0.15) is 5.56 Å². The summed E-state index contributed by atoms with van der Waals surface area (Å²) in [5.74, 6) is -3.99. The summed E-state index contributed by atoms with van der Waals surface area (Å²) >= 11 is 2.98. The molecule has 0 heterocycles. The lowest BCUT2D eigenvalue weighted by molar-refractivity contribution is -0.146. The van der Waals surface area contributed by atoms with Gasteiger partial charge in [0.25, 0.3) is 5.78 Å². The number of aliphatic hydroxyl groups excluding tert-OH is 1. The van der Waals surface area contributed by atoms with Crippen LogP contribution in [0, 0.1) is 5.82 Å². The maximum Gasteiger partial charge on any atom is 0.376 e. The van der Waals surface area contributed by atoms with Crippen LogP contribution in [0.15, 0.2) is 28.7 Å². The van der Waals surface area contributed by atoms with Crippen molar-refractivity contribution in [3.05, 3.63) is 40.1 Å². The van der Waals surface area contributed by atoms with Crippen LogP contribution < -0.4 is 0 Å². The monoisotopic (exact) mass is 288 g/mol. The average Bonchev–Trinajstić information content (AvgIpc) is 2.16. The molecule has 0 unspecified atom stereocenters. The van der Waals surface area contributed by atoms with E-state index in [1.54, 1.807) is 0 Å². The molecule has 0 aliphatic carbocycles. The van der Waals surface area contributed by atoms with Crippen molar-refractivity contribution in [1.82, 2.24) is 0 Å². The highest BCUT2D eigenvalue weighted by atomic mass is 79.9. The zero-order valence-electron chi connectivity index (χ0n) is 7.78. The van der Waals surface area contributed by atoms with Gasteiger partial charge in [-0.15, -0.1) is 0 Å². The quantitative estimate of drug-likeness (QED) is 0.508. The molecule has 0 aromatic heterocycles. The Balaban J connectivity index is 3.10. The third-order valence-electron chi connectivity index (χ3n) is 1.69. The molecule has 0 fully saturated rings. The molecule has 0 spiro atoms. The number of hydrogen-bond acceptors (Lipinski definition) is 3. The number of hydrogen-bond donors (Lipinski definition) is 2. The first-order valence-corrected chi connectivity index (χ1v) is 4.84. The summed E-state index contributed by atoms with van der Waals surface area (Å²) in [7, 11) is 0. The summed E-state index contributed by atoms with van der Waals surface area (Å²) in [6.07, 6.45) is 0.556. The van der Waals surface area contributed by atoms with Crippen LogP contribution in [0.2, 0.25) is 0 Å². The zero-order valence-corrected chi connectivity index (χ0v) is 9.36. The number of carboxylic acids is 1. The van der Waals surface area contributed by atoms with E-state index in [9.17, 15) is 19.1 Å². The van der Waals surface area contributed by atoms with Crippen molar-refractivity contribution in [2.75, 3.05) is 0 Å². The van der Waals surface area contributed by atoms with Crippen molar-refractivity contribution in [3.63, 3.8) is 0 Å². The van der Waals surface area contributed by atoms with Gasteiger partial charge in [-0.2, -0.15) is 0 Å². The molecule has 4 nitrogen and oxygen atoms in total. The first-order chi connectivity index (χ1) is 7.41. The molecule has 6 heteroatoms. The Kier molecular flexibility index (Phi) is 3.78. The number of aliphatic hydroxyl groups is 1. The molecule has 0 aliphatic heterocycles. The van der Waals surface area contributed by atoms with Crippen LogP contribution in [-0.2, 0) is 9.59 Å². The Hall–Kier alpha value is -1.69. The smallest absolute Gasteiger partial charge is 0.376 e. The van der Waals surface area contributed by atoms with E-state index in [0.717, 1.165) is 12.1 Å². The Morgan fingerprint density at radius 2 is 1.94 bits per heavy atom. The van der Waals surface area contributed by atoms with Crippen molar-refractivity contribution < 1.29 is 24.2 Å². The second kappa shape index (κ2) is 4.89. The van der Waals surface area contributed by atoms with E-state index >= 15 is 0 Å². The van der Waals surface area contributed by atoms with E-state index in [0.29, 0.717) is 6.08 Å². The van der Waals surface area contributed by atoms with Gasteiger partial charge in [-0.05, 0) is 34.1 Å². The number of carbonyl (C=O) groups excluding carboxylic acids is 1. The summed E-state index contributed by atoms with van der Waals surface area (Å²) < 4.78 is 12.9. The van der Waals surface area contributed by atoms with Gasteiger partial charge in [0, 0.05) is 16.1 Å². The van der Waals surface area contributed by atoms with Crippen LogP contribution in [0.4, 0.5) is 4.39 Å². The molecule has 0 saturated heterocycles. The number of carboxylic acid groups (broad SMARTS) is 1. The lowest BCUT2D eigenvalue weighted by Gasteiger charge is -2.02. The number of halogens is 2. The Morgan fingerprint density at radius 1 is 1.31 bits per heavy atom. The van der Waals surface area contributed by atoms with Gasteiger partial charge < -0.3 is 10.2 Å². The molecule has 0 atom stereocenters. The molecule has 0 saturated carbocycles. The summed E-state index contributed by atoms with van der Waals surface area (Å²) in [4.78, 5) is 21.0. The highest BCUT2D eigenvalue weighted by molar-refractivity contribution is 9.10. The number of rotatable bonds is 3. The van der Waals surface area contributed by atoms with Gasteiger partial charge >= 0.3 is 5.97 Å². The van der Waals surface area contributed by atoms with Gasteiger partial charge in [0.2, 0.25) is 0 Å². The van der Waals surface area contributed by atoms with E-state index in [2.05, 4.69) is 15.9 Å². The van der Waals surface area contributed by atoms with E-state index in [1.165, 1.54) is 6.07 Å². The van der Waals surface area contributed by atoms with Gasteiger partial charge in [-0.3, -0.25) is 4.79 Å². The normalized spacial score (nSPS) is 11.2. The Bertz CT molecular complexity index is 482. The van der Waals surface area contributed by atoms with E-state index in [1.807, 2.05) is 0 Å².